The average molecular weight is 235 g/mol. The van der Waals surface area contributed by atoms with Crippen LogP contribution in [0.1, 0.15) is 43.2 Å². The maximum Gasteiger partial charge on any atom is 0.275 e. The molecule has 92 valence electrons. The molecule has 0 aliphatic heterocycles. The summed E-state index contributed by atoms with van der Waals surface area (Å²) < 4.78 is 5.47. The van der Waals surface area contributed by atoms with E-state index in [2.05, 4.69) is 0 Å². The van der Waals surface area contributed by atoms with Gasteiger partial charge in [-0.15, -0.1) is 0 Å². The Morgan fingerprint density at radius 2 is 2.24 bits per heavy atom. The van der Waals surface area contributed by atoms with E-state index in [4.69, 9.17) is 4.74 Å². The molecule has 1 aromatic carbocycles. The van der Waals surface area contributed by atoms with Gasteiger partial charge in [0.15, 0.2) is 0 Å². The zero-order chi connectivity index (χ0) is 12.3. The van der Waals surface area contributed by atoms with Crippen LogP contribution in [0.25, 0.3) is 0 Å². The fourth-order valence-corrected chi connectivity index (χ4v) is 2.02. The number of nitrogens with zero attached hydrogens (tertiary/aromatic N) is 1. The molecule has 0 N–H and O–H groups in total. The quantitative estimate of drug-likeness (QED) is 0.431. The third kappa shape index (κ3) is 2.82. The first-order valence-corrected chi connectivity index (χ1v) is 6.08. The summed E-state index contributed by atoms with van der Waals surface area (Å²) in [5.74, 6) is 0.509. The van der Waals surface area contributed by atoms with Crippen LogP contribution in [-0.2, 0) is 11.3 Å². The number of ether oxygens (including phenoxy) is 1. The van der Waals surface area contributed by atoms with E-state index in [0.717, 1.165) is 30.4 Å². The summed E-state index contributed by atoms with van der Waals surface area (Å²) in [6, 6.07) is 5.33. The number of hydrogen-bond donors (Lipinski definition) is 0. The van der Waals surface area contributed by atoms with Gasteiger partial charge in [0.05, 0.1) is 17.1 Å². The molecule has 17 heavy (non-hydrogen) atoms. The second-order valence-electron chi connectivity index (χ2n) is 4.43. The van der Waals surface area contributed by atoms with Gasteiger partial charge in [0, 0.05) is 12.7 Å². The van der Waals surface area contributed by atoms with Crippen LogP contribution in [0.2, 0.25) is 0 Å². The van der Waals surface area contributed by atoms with Gasteiger partial charge in [-0.3, -0.25) is 10.1 Å². The normalized spacial score (nSPS) is 14.9. The molecule has 0 radical (unpaired) electrons. The van der Waals surface area contributed by atoms with Crippen LogP contribution in [0, 0.1) is 10.1 Å². The highest BCUT2D eigenvalue weighted by molar-refractivity contribution is 5.47. The van der Waals surface area contributed by atoms with E-state index in [1.807, 2.05) is 13.0 Å². The van der Waals surface area contributed by atoms with E-state index in [1.165, 1.54) is 0 Å². The second-order valence-corrected chi connectivity index (χ2v) is 4.43. The molecular weight excluding hydrogens is 218 g/mol. The van der Waals surface area contributed by atoms with Gasteiger partial charge in [0.2, 0.25) is 0 Å². The Morgan fingerprint density at radius 1 is 1.47 bits per heavy atom. The third-order valence-corrected chi connectivity index (χ3v) is 3.00. The summed E-state index contributed by atoms with van der Waals surface area (Å²) in [4.78, 5) is 10.7. The van der Waals surface area contributed by atoms with Gasteiger partial charge in [-0.05, 0) is 30.7 Å². The number of rotatable bonds is 6. The lowest BCUT2D eigenvalue weighted by Gasteiger charge is -2.09. The van der Waals surface area contributed by atoms with E-state index in [-0.39, 0.29) is 10.6 Å². The summed E-state index contributed by atoms with van der Waals surface area (Å²) >= 11 is 0. The van der Waals surface area contributed by atoms with Crippen LogP contribution in [0.15, 0.2) is 18.2 Å². The largest absolute Gasteiger partial charge is 0.377 e. The Labute approximate surface area is 101 Å². The van der Waals surface area contributed by atoms with E-state index in [0.29, 0.717) is 19.1 Å². The van der Waals surface area contributed by atoms with Crippen molar-refractivity contribution in [3.8, 4) is 0 Å². The number of nitro benzene ring substituents is 1. The molecule has 0 heterocycles. The minimum absolute atomic E-state index is 0.200. The molecule has 0 spiro atoms. The number of benzene rings is 1. The molecule has 4 nitrogen and oxygen atoms in total. The lowest BCUT2D eigenvalue weighted by Crippen LogP contribution is -2.03. The molecule has 0 atom stereocenters. The van der Waals surface area contributed by atoms with Crippen LogP contribution >= 0.6 is 0 Å². The van der Waals surface area contributed by atoms with E-state index in [9.17, 15) is 10.1 Å². The van der Waals surface area contributed by atoms with Gasteiger partial charge < -0.3 is 4.74 Å². The highest BCUT2D eigenvalue weighted by atomic mass is 16.6. The lowest BCUT2D eigenvalue weighted by molar-refractivity contribution is -0.386. The Hall–Kier alpha value is -1.42. The van der Waals surface area contributed by atoms with Crippen molar-refractivity contribution in [2.45, 2.75) is 38.7 Å². The molecule has 0 amide bonds. The highest BCUT2D eigenvalue weighted by Gasteiger charge is 2.29. The standard InChI is InChI=1S/C13H17NO3/c1-2-8-17-9-12-11(10-6-7-10)4-3-5-13(12)14(15)16/h3-5,10H,2,6-9H2,1H3. The van der Waals surface area contributed by atoms with E-state index in [1.54, 1.807) is 12.1 Å². The van der Waals surface area contributed by atoms with Crippen LogP contribution < -0.4 is 0 Å². The van der Waals surface area contributed by atoms with Crippen molar-refractivity contribution in [2.24, 2.45) is 0 Å². The number of hydrogen-bond acceptors (Lipinski definition) is 3. The topological polar surface area (TPSA) is 52.4 Å². The molecular formula is C13H17NO3. The van der Waals surface area contributed by atoms with Crippen molar-refractivity contribution >= 4 is 5.69 Å². The van der Waals surface area contributed by atoms with Crippen molar-refractivity contribution < 1.29 is 9.66 Å². The maximum atomic E-state index is 11.0. The average Bonchev–Trinajstić information content (AvgIpc) is 3.13. The van der Waals surface area contributed by atoms with Gasteiger partial charge in [0.1, 0.15) is 0 Å². The molecule has 1 fully saturated rings. The van der Waals surface area contributed by atoms with Crippen LogP contribution in [-0.4, -0.2) is 11.5 Å². The molecule has 0 bridgehead atoms. The SMILES string of the molecule is CCCOCc1c(C2CC2)cccc1[N+](=O)[O-]. The minimum Gasteiger partial charge on any atom is -0.377 e. The maximum absolute atomic E-state index is 11.0. The first kappa shape index (κ1) is 12.0. The van der Waals surface area contributed by atoms with Crippen LogP contribution in [0.5, 0.6) is 0 Å². The van der Waals surface area contributed by atoms with Crippen molar-refractivity contribution in [1.29, 1.82) is 0 Å². The summed E-state index contributed by atoms with van der Waals surface area (Å²) in [5.41, 5.74) is 2.08. The Bertz CT molecular complexity index is 413. The van der Waals surface area contributed by atoms with Crippen molar-refractivity contribution in [2.75, 3.05) is 6.61 Å². The van der Waals surface area contributed by atoms with E-state index >= 15 is 0 Å². The minimum atomic E-state index is -0.309. The zero-order valence-corrected chi connectivity index (χ0v) is 10.0. The molecule has 2 rings (SSSR count). The molecule has 0 unspecified atom stereocenters. The fourth-order valence-electron chi connectivity index (χ4n) is 2.02. The lowest BCUT2D eigenvalue weighted by atomic mass is 10.0. The van der Waals surface area contributed by atoms with Crippen molar-refractivity contribution in [3.63, 3.8) is 0 Å². The predicted octanol–water partition coefficient (Wildman–Crippen LogP) is 3.40. The van der Waals surface area contributed by atoms with Crippen molar-refractivity contribution in [1.82, 2.24) is 0 Å². The molecule has 1 aliphatic carbocycles. The summed E-state index contributed by atoms with van der Waals surface area (Å²) in [5, 5.41) is 11.0. The monoisotopic (exact) mass is 235 g/mol. The molecule has 1 aromatic rings. The molecule has 0 saturated heterocycles. The van der Waals surface area contributed by atoms with Gasteiger partial charge >= 0.3 is 0 Å². The van der Waals surface area contributed by atoms with Gasteiger partial charge in [-0.25, -0.2) is 0 Å². The summed E-state index contributed by atoms with van der Waals surface area (Å²) in [7, 11) is 0. The Morgan fingerprint density at radius 3 is 2.82 bits per heavy atom. The molecule has 4 heteroatoms. The summed E-state index contributed by atoms with van der Waals surface area (Å²) in [6.07, 6.45) is 3.21. The van der Waals surface area contributed by atoms with Gasteiger partial charge in [-0.2, -0.15) is 0 Å². The number of nitro groups is 1. The fraction of sp³-hybridized carbons (Fsp3) is 0.538. The third-order valence-electron chi connectivity index (χ3n) is 3.00. The zero-order valence-electron chi connectivity index (χ0n) is 10.0. The summed E-state index contributed by atoms with van der Waals surface area (Å²) in [6.45, 7) is 3.04. The Balaban J connectivity index is 2.25. The molecule has 1 saturated carbocycles. The smallest absolute Gasteiger partial charge is 0.275 e. The van der Waals surface area contributed by atoms with Crippen LogP contribution in [0.4, 0.5) is 5.69 Å². The predicted molar refractivity (Wildman–Crippen MR) is 65.0 cm³/mol. The van der Waals surface area contributed by atoms with Crippen molar-refractivity contribution in [3.05, 3.63) is 39.4 Å². The van der Waals surface area contributed by atoms with Gasteiger partial charge in [0.25, 0.3) is 5.69 Å². The Kier molecular flexibility index (Phi) is 3.74. The first-order chi connectivity index (χ1) is 8.24. The highest BCUT2D eigenvalue weighted by Crippen LogP contribution is 2.43. The molecule has 0 aromatic heterocycles. The first-order valence-electron chi connectivity index (χ1n) is 6.08. The molecule has 1 aliphatic rings. The van der Waals surface area contributed by atoms with Crippen LogP contribution in [0.3, 0.4) is 0 Å². The van der Waals surface area contributed by atoms with E-state index < -0.39 is 0 Å². The second kappa shape index (κ2) is 5.27. The van der Waals surface area contributed by atoms with Gasteiger partial charge in [-0.1, -0.05) is 19.1 Å².